The minimum absolute atomic E-state index is 0.00786. The van der Waals surface area contributed by atoms with Crippen molar-refractivity contribution in [2.24, 2.45) is 0 Å². The van der Waals surface area contributed by atoms with Gasteiger partial charge in [-0.3, -0.25) is 9.59 Å². The number of aliphatic carboxylic acids is 1. The number of sulfonamides is 1. The minimum atomic E-state index is -4.01. The Kier molecular flexibility index (Phi) is 5.22. The Balaban J connectivity index is 2.46. The van der Waals surface area contributed by atoms with Crippen LogP contribution in [0.1, 0.15) is 39.2 Å². The molecule has 0 bridgehead atoms. The highest BCUT2D eigenvalue weighted by molar-refractivity contribution is 7.99. The molecule has 1 aliphatic rings. The topological polar surface area (TPSA) is 104 Å². The molecule has 0 saturated heterocycles. The van der Waals surface area contributed by atoms with Gasteiger partial charge in [-0.2, -0.15) is 0 Å². The van der Waals surface area contributed by atoms with Crippen molar-refractivity contribution in [3.8, 4) is 0 Å². The molecule has 0 saturated carbocycles. The third kappa shape index (κ3) is 3.84. The number of nitrogens with zero attached hydrogens (tertiary/aromatic N) is 1. The van der Waals surface area contributed by atoms with E-state index in [1.54, 1.807) is 51.1 Å². The van der Waals surface area contributed by atoms with Crippen molar-refractivity contribution in [1.29, 1.82) is 0 Å². The number of hydrogen-bond donors (Lipinski definition) is 2. The third-order valence-electron chi connectivity index (χ3n) is 3.64. The summed E-state index contributed by atoms with van der Waals surface area (Å²) >= 11 is 0. The maximum atomic E-state index is 13.0. The molecule has 0 atom stereocenters. The molecule has 2 rings (SSSR count). The van der Waals surface area contributed by atoms with Gasteiger partial charge in [-0.05, 0) is 32.8 Å². The molecule has 1 aromatic rings. The Bertz CT molecular complexity index is 807. The van der Waals surface area contributed by atoms with Crippen molar-refractivity contribution in [2.45, 2.75) is 39.2 Å². The van der Waals surface area contributed by atoms with Gasteiger partial charge in [0.2, 0.25) is 0 Å². The first-order valence-corrected chi connectivity index (χ1v) is 9.36. The fourth-order valence-corrected chi connectivity index (χ4v) is 4.75. The molecular formula is C17H22N2O5S. The van der Waals surface area contributed by atoms with E-state index in [4.69, 9.17) is 5.11 Å². The fraction of sp³-hybridized carbons (Fsp3) is 0.412. The number of carbonyl (C=O) groups excluding carboxylic acids is 1. The molecule has 1 heterocycles. The Hall–Kier alpha value is -2.35. The van der Waals surface area contributed by atoms with Crippen LogP contribution in [0, 0.1) is 0 Å². The van der Waals surface area contributed by atoms with E-state index < -0.39 is 27.4 Å². The van der Waals surface area contributed by atoms with Crippen LogP contribution in [0.3, 0.4) is 0 Å². The van der Waals surface area contributed by atoms with Gasteiger partial charge in [0.05, 0.1) is 5.54 Å². The zero-order valence-electron chi connectivity index (χ0n) is 14.4. The van der Waals surface area contributed by atoms with Gasteiger partial charge in [0.25, 0.3) is 15.9 Å². The van der Waals surface area contributed by atoms with Crippen molar-refractivity contribution in [1.82, 2.24) is 9.62 Å². The van der Waals surface area contributed by atoms with Crippen LogP contribution in [-0.2, 0) is 19.6 Å². The number of amides is 1. The van der Waals surface area contributed by atoms with E-state index in [1.807, 2.05) is 0 Å². The van der Waals surface area contributed by atoms with Gasteiger partial charge >= 0.3 is 5.97 Å². The highest BCUT2D eigenvalue weighted by Gasteiger charge is 2.49. The van der Waals surface area contributed by atoms with Crippen molar-refractivity contribution in [3.05, 3.63) is 41.6 Å². The summed E-state index contributed by atoms with van der Waals surface area (Å²) in [5.74, 6) is -1.57. The molecule has 0 unspecified atom stereocenters. The zero-order valence-corrected chi connectivity index (χ0v) is 15.3. The van der Waals surface area contributed by atoms with Gasteiger partial charge in [0.15, 0.2) is 0 Å². The Morgan fingerprint density at radius 1 is 1.20 bits per heavy atom. The van der Waals surface area contributed by atoms with E-state index in [0.29, 0.717) is 5.56 Å². The molecule has 1 aromatic carbocycles. The van der Waals surface area contributed by atoms with E-state index in [1.165, 1.54) is 0 Å². The highest BCUT2D eigenvalue weighted by Crippen LogP contribution is 2.38. The smallest absolute Gasteiger partial charge is 0.303 e. The predicted octanol–water partition coefficient (Wildman–Crippen LogP) is 1.78. The van der Waals surface area contributed by atoms with Crippen LogP contribution < -0.4 is 5.32 Å². The maximum absolute atomic E-state index is 13.0. The van der Waals surface area contributed by atoms with Gasteiger partial charge in [-0.1, -0.05) is 30.3 Å². The Labute approximate surface area is 147 Å². The monoisotopic (exact) mass is 366 g/mol. The number of carboxylic acid groups (broad SMARTS) is 1. The largest absolute Gasteiger partial charge is 0.481 e. The van der Waals surface area contributed by atoms with Crippen LogP contribution in [0.4, 0.5) is 0 Å². The molecule has 0 aliphatic carbocycles. The lowest BCUT2D eigenvalue weighted by atomic mass is 10.1. The number of rotatable bonds is 6. The molecule has 7 nitrogen and oxygen atoms in total. The molecule has 1 amide bonds. The van der Waals surface area contributed by atoms with E-state index in [0.717, 1.165) is 4.31 Å². The lowest BCUT2D eigenvalue weighted by molar-refractivity contribution is -0.137. The van der Waals surface area contributed by atoms with Gasteiger partial charge in [-0.25, -0.2) is 12.7 Å². The van der Waals surface area contributed by atoms with Crippen LogP contribution in [0.2, 0.25) is 0 Å². The second kappa shape index (κ2) is 6.87. The second-order valence-electron chi connectivity index (χ2n) is 6.74. The normalized spacial score (nSPS) is 17.1. The molecule has 136 valence electrons. The first kappa shape index (κ1) is 19.0. The summed E-state index contributed by atoms with van der Waals surface area (Å²) < 4.78 is 26.9. The molecule has 25 heavy (non-hydrogen) atoms. The lowest BCUT2D eigenvalue weighted by Gasteiger charge is -2.30. The molecule has 8 heteroatoms. The molecule has 0 spiro atoms. The van der Waals surface area contributed by atoms with Crippen molar-refractivity contribution < 1.29 is 23.1 Å². The second-order valence-corrected chi connectivity index (χ2v) is 8.46. The Morgan fingerprint density at radius 2 is 1.80 bits per heavy atom. The summed E-state index contributed by atoms with van der Waals surface area (Å²) in [6.07, 6.45) is 0.217. The van der Waals surface area contributed by atoms with E-state index in [2.05, 4.69) is 5.32 Å². The molecule has 2 N–H and O–H groups in total. The van der Waals surface area contributed by atoms with Crippen LogP contribution in [0.5, 0.6) is 0 Å². The average molecular weight is 366 g/mol. The van der Waals surface area contributed by atoms with Crippen LogP contribution in [-0.4, -0.2) is 41.8 Å². The maximum Gasteiger partial charge on any atom is 0.303 e. The first-order chi connectivity index (χ1) is 11.6. The first-order valence-electron chi connectivity index (χ1n) is 7.92. The van der Waals surface area contributed by atoms with Crippen molar-refractivity contribution >= 4 is 26.8 Å². The van der Waals surface area contributed by atoms with Crippen molar-refractivity contribution in [2.75, 3.05) is 6.54 Å². The SMILES string of the molecule is CC(C)(C)N1C(=O)C(NCCCC(=O)O)=C(c2ccccc2)S1(=O)=O. The molecule has 0 radical (unpaired) electrons. The highest BCUT2D eigenvalue weighted by atomic mass is 32.2. The van der Waals surface area contributed by atoms with E-state index in [9.17, 15) is 18.0 Å². The van der Waals surface area contributed by atoms with Crippen LogP contribution >= 0.6 is 0 Å². The number of carboxylic acids is 1. The number of benzene rings is 1. The molecule has 0 fully saturated rings. The van der Waals surface area contributed by atoms with Crippen molar-refractivity contribution in [3.63, 3.8) is 0 Å². The number of nitrogens with one attached hydrogen (secondary N) is 1. The average Bonchev–Trinajstić information content (AvgIpc) is 2.69. The van der Waals surface area contributed by atoms with Gasteiger partial charge < -0.3 is 10.4 Å². The van der Waals surface area contributed by atoms with Crippen LogP contribution in [0.15, 0.2) is 36.0 Å². The zero-order chi connectivity index (χ0) is 18.8. The summed E-state index contributed by atoms with van der Waals surface area (Å²) in [7, 11) is -4.01. The van der Waals surface area contributed by atoms with E-state index in [-0.39, 0.29) is 30.0 Å². The minimum Gasteiger partial charge on any atom is -0.481 e. The number of carbonyl (C=O) groups is 2. The molecular weight excluding hydrogens is 344 g/mol. The standard InChI is InChI=1S/C17H22N2O5S/c1-17(2,3)19-16(22)14(18-11-7-10-13(20)21)15(25(19,23)24)12-8-5-4-6-9-12/h4-6,8-9,18H,7,10-11H2,1-3H3,(H,20,21). The summed E-state index contributed by atoms with van der Waals surface area (Å²) in [5.41, 5.74) is -0.504. The summed E-state index contributed by atoms with van der Waals surface area (Å²) in [5, 5.41) is 11.5. The molecule has 1 aliphatic heterocycles. The third-order valence-corrected chi connectivity index (χ3v) is 5.79. The van der Waals surface area contributed by atoms with Gasteiger partial charge in [0.1, 0.15) is 10.6 Å². The quantitative estimate of drug-likeness (QED) is 0.744. The number of hydrogen-bond acceptors (Lipinski definition) is 5. The van der Waals surface area contributed by atoms with Crippen LogP contribution in [0.25, 0.3) is 4.91 Å². The summed E-state index contributed by atoms with van der Waals surface area (Å²) in [4.78, 5) is 23.3. The summed E-state index contributed by atoms with van der Waals surface area (Å²) in [6.45, 7) is 5.15. The van der Waals surface area contributed by atoms with E-state index >= 15 is 0 Å². The summed E-state index contributed by atoms with van der Waals surface area (Å²) in [6, 6.07) is 8.42. The van der Waals surface area contributed by atoms with Gasteiger partial charge in [0, 0.05) is 13.0 Å². The molecule has 0 aromatic heterocycles. The Morgan fingerprint density at radius 3 is 2.32 bits per heavy atom. The predicted molar refractivity (Wildman–Crippen MR) is 93.8 cm³/mol. The lowest BCUT2D eigenvalue weighted by Crippen LogP contribution is -2.46. The fourth-order valence-electron chi connectivity index (χ4n) is 2.68. The van der Waals surface area contributed by atoms with Gasteiger partial charge in [-0.15, -0.1) is 0 Å².